The van der Waals surface area contributed by atoms with Crippen LogP contribution >= 0.6 is 15.9 Å². The second-order valence-corrected chi connectivity index (χ2v) is 4.29. The fraction of sp³-hybridized carbons (Fsp3) is 0.857. The summed E-state index contributed by atoms with van der Waals surface area (Å²) in [5.41, 5.74) is 6.39. The number of rotatable bonds is 3. The van der Waals surface area contributed by atoms with Crippen LogP contribution in [0, 0.1) is 0 Å². The highest BCUT2D eigenvalue weighted by Crippen LogP contribution is 2.16. The van der Waals surface area contributed by atoms with Crippen LogP contribution in [0.4, 0.5) is 0 Å². The van der Waals surface area contributed by atoms with Crippen LogP contribution in [0.3, 0.4) is 0 Å². The first kappa shape index (κ1) is 10.9. The average Bonchev–Trinajstić information content (AvgIpc) is 1.53. The predicted molar refractivity (Wildman–Crippen MR) is 46.3 cm³/mol. The molecule has 0 aromatic rings. The van der Waals surface area contributed by atoms with Gasteiger partial charge in [0.15, 0.2) is 0 Å². The predicted octanol–water partition coefficient (Wildman–Crippen LogP) is 1.72. The molecule has 0 aliphatic rings. The van der Waals surface area contributed by atoms with Crippen molar-refractivity contribution in [1.82, 2.24) is 5.73 Å². The zero-order valence-corrected chi connectivity index (χ0v) is 8.56. The third-order valence-corrected chi connectivity index (χ3v) is 1.34. The lowest BCUT2D eigenvalue weighted by molar-refractivity contribution is -0.121. The summed E-state index contributed by atoms with van der Waals surface area (Å²) < 4.78 is 5.32. The van der Waals surface area contributed by atoms with Crippen molar-refractivity contribution in [2.45, 2.75) is 37.8 Å². The number of amides is 1. The summed E-state index contributed by atoms with van der Waals surface area (Å²) in [5.74, 6) is -0.615. The highest BCUT2D eigenvalue weighted by Gasteiger charge is 2.17. The monoisotopic (exact) mass is 222 g/mol. The molecule has 0 spiro atoms. The molecule has 3 nitrogen and oxygen atoms in total. The van der Waals surface area contributed by atoms with Gasteiger partial charge in [-0.05, 0) is 20.8 Å². The van der Waals surface area contributed by atoms with Crippen molar-refractivity contribution < 1.29 is 9.53 Å². The summed E-state index contributed by atoms with van der Waals surface area (Å²) in [6.07, 6.45) is 0.0945. The number of carbonyl (C=O) groups is 1. The normalized spacial score (nSPS) is 14.5. The first-order chi connectivity index (χ1) is 4.81. The molecule has 0 saturated heterocycles. The van der Waals surface area contributed by atoms with Gasteiger partial charge in [0.1, 0.15) is 5.01 Å². The lowest BCUT2D eigenvalue weighted by Gasteiger charge is -2.22. The number of ether oxygens (including phenoxy) is 1. The Labute approximate surface area is 75.4 Å². The minimum absolute atomic E-state index is 0.0945. The molecule has 4 heteroatoms. The molecule has 0 fully saturated rings. The molecule has 0 saturated carbocycles. The van der Waals surface area contributed by atoms with Crippen molar-refractivity contribution in [3.8, 4) is 0 Å². The Morgan fingerprint density at radius 2 is 2.09 bits per heavy atom. The molecule has 0 rings (SSSR count). The van der Waals surface area contributed by atoms with Crippen LogP contribution in [0.25, 0.3) is 0 Å². The van der Waals surface area contributed by atoms with Gasteiger partial charge < -0.3 is 4.74 Å². The Morgan fingerprint density at radius 1 is 1.64 bits per heavy atom. The second kappa shape index (κ2) is 4.07. The summed E-state index contributed by atoms with van der Waals surface area (Å²) in [6.45, 7) is 5.70. The van der Waals surface area contributed by atoms with Gasteiger partial charge in [-0.15, -0.1) is 0 Å². The molecule has 0 bridgehead atoms. The van der Waals surface area contributed by atoms with Crippen LogP contribution in [0.1, 0.15) is 27.2 Å². The summed E-state index contributed by atoms with van der Waals surface area (Å²) in [5, 5.41) is -0.340. The SMILES string of the molecule is CC(C)(C)OC(Br)CC([NH])=O. The molecule has 1 atom stereocenters. The molecule has 1 radical (unpaired) electrons. The lowest BCUT2D eigenvalue weighted by atomic mass is 10.2. The van der Waals surface area contributed by atoms with E-state index in [1.165, 1.54) is 0 Å². The average molecular weight is 223 g/mol. The van der Waals surface area contributed by atoms with E-state index in [-0.39, 0.29) is 17.0 Å². The van der Waals surface area contributed by atoms with Crippen LogP contribution in [-0.2, 0) is 9.53 Å². The summed E-state index contributed by atoms with van der Waals surface area (Å²) in [4.78, 5) is 10.3. The van der Waals surface area contributed by atoms with Gasteiger partial charge >= 0.3 is 0 Å². The molecular weight excluding hydrogens is 210 g/mol. The number of carbonyl (C=O) groups excluding carboxylic acids is 1. The quantitative estimate of drug-likeness (QED) is 0.684. The standard InChI is InChI=1S/C7H13BrNO2/c1-7(2,3)11-5(8)4-6(9)10/h5,9H,4H2,1-3H3. The molecule has 0 aliphatic carbocycles. The molecule has 1 amide bonds. The maximum Gasteiger partial charge on any atom is 0.241 e. The largest absolute Gasteiger partial charge is 0.361 e. The number of hydrogen-bond donors (Lipinski definition) is 0. The third-order valence-electron chi connectivity index (χ3n) is 0.827. The zero-order valence-electron chi connectivity index (χ0n) is 6.98. The number of halogens is 1. The molecule has 65 valence electrons. The van der Waals surface area contributed by atoms with Crippen molar-refractivity contribution in [3.05, 3.63) is 0 Å². The molecule has 0 heterocycles. The Bertz CT molecular complexity index is 142. The zero-order chi connectivity index (χ0) is 9.07. The number of nitrogens with one attached hydrogen (secondary N) is 1. The maximum absolute atomic E-state index is 10.3. The topological polar surface area (TPSA) is 50.1 Å². The van der Waals surface area contributed by atoms with E-state index in [2.05, 4.69) is 15.9 Å². The molecule has 0 aliphatic heterocycles. The molecule has 11 heavy (non-hydrogen) atoms. The molecule has 1 N–H and O–H groups in total. The van der Waals surface area contributed by atoms with Gasteiger partial charge in [-0.2, -0.15) is 0 Å². The first-order valence-corrected chi connectivity index (χ1v) is 4.29. The summed E-state index contributed by atoms with van der Waals surface area (Å²) in [7, 11) is 0. The summed E-state index contributed by atoms with van der Waals surface area (Å²) in [6, 6.07) is 0. The molecular formula is C7H13BrNO2. The third kappa shape index (κ3) is 7.81. The Morgan fingerprint density at radius 3 is 2.36 bits per heavy atom. The molecule has 0 aromatic heterocycles. The van der Waals surface area contributed by atoms with Crippen LogP contribution in [0.15, 0.2) is 0 Å². The Kier molecular flexibility index (Phi) is 4.03. The molecule has 0 aromatic carbocycles. The van der Waals surface area contributed by atoms with E-state index < -0.39 is 5.91 Å². The van der Waals surface area contributed by atoms with Crippen molar-refractivity contribution in [1.29, 1.82) is 0 Å². The van der Waals surface area contributed by atoms with Crippen LogP contribution in [0.5, 0.6) is 0 Å². The van der Waals surface area contributed by atoms with Crippen LogP contribution in [0.2, 0.25) is 0 Å². The van der Waals surface area contributed by atoms with Crippen LogP contribution in [-0.4, -0.2) is 16.5 Å². The highest BCUT2D eigenvalue weighted by molar-refractivity contribution is 9.09. The fourth-order valence-electron chi connectivity index (χ4n) is 0.571. The van der Waals surface area contributed by atoms with Crippen molar-refractivity contribution in [2.75, 3.05) is 0 Å². The smallest absolute Gasteiger partial charge is 0.241 e. The van der Waals surface area contributed by atoms with Gasteiger partial charge in [0, 0.05) is 0 Å². The van der Waals surface area contributed by atoms with E-state index in [0.29, 0.717) is 0 Å². The Balaban J connectivity index is 3.69. The van der Waals surface area contributed by atoms with Gasteiger partial charge in [0.05, 0.1) is 12.0 Å². The van der Waals surface area contributed by atoms with Gasteiger partial charge in [-0.3, -0.25) is 10.5 Å². The van der Waals surface area contributed by atoms with Gasteiger partial charge in [0.25, 0.3) is 0 Å². The fourth-order valence-corrected chi connectivity index (χ4v) is 1.43. The second-order valence-electron chi connectivity index (χ2n) is 3.27. The van der Waals surface area contributed by atoms with E-state index >= 15 is 0 Å². The lowest BCUT2D eigenvalue weighted by Crippen LogP contribution is -2.25. The maximum atomic E-state index is 10.3. The summed E-state index contributed by atoms with van der Waals surface area (Å²) >= 11 is 3.15. The van der Waals surface area contributed by atoms with E-state index in [1.54, 1.807) is 0 Å². The Hall–Kier alpha value is -0.0900. The van der Waals surface area contributed by atoms with Crippen molar-refractivity contribution in [2.24, 2.45) is 0 Å². The van der Waals surface area contributed by atoms with E-state index in [9.17, 15) is 4.79 Å². The van der Waals surface area contributed by atoms with E-state index in [1.807, 2.05) is 20.8 Å². The molecule has 1 unspecified atom stereocenters. The first-order valence-electron chi connectivity index (χ1n) is 3.37. The number of hydrogen-bond acceptors (Lipinski definition) is 2. The van der Waals surface area contributed by atoms with Crippen molar-refractivity contribution in [3.63, 3.8) is 0 Å². The number of alkyl halides is 1. The van der Waals surface area contributed by atoms with Crippen molar-refractivity contribution >= 4 is 21.8 Å². The minimum atomic E-state index is -0.615. The van der Waals surface area contributed by atoms with Crippen LogP contribution < -0.4 is 5.73 Å². The van der Waals surface area contributed by atoms with E-state index in [0.717, 1.165) is 0 Å². The van der Waals surface area contributed by atoms with E-state index in [4.69, 9.17) is 10.5 Å². The van der Waals surface area contributed by atoms with Gasteiger partial charge in [0.2, 0.25) is 5.91 Å². The minimum Gasteiger partial charge on any atom is -0.361 e. The van der Waals surface area contributed by atoms with Gasteiger partial charge in [-0.1, -0.05) is 15.9 Å². The van der Waals surface area contributed by atoms with Gasteiger partial charge in [-0.25, -0.2) is 0 Å². The highest BCUT2D eigenvalue weighted by atomic mass is 79.9.